The lowest BCUT2D eigenvalue weighted by Gasteiger charge is -2.25. The van der Waals surface area contributed by atoms with Crippen LogP contribution in [0.5, 0.6) is 0 Å². The predicted molar refractivity (Wildman–Crippen MR) is 78.4 cm³/mol. The fourth-order valence-electron chi connectivity index (χ4n) is 2.09. The van der Waals surface area contributed by atoms with E-state index >= 15 is 0 Å². The normalized spacial score (nSPS) is 10.5. The molecule has 0 bridgehead atoms. The summed E-state index contributed by atoms with van der Waals surface area (Å²) in [4.78, 5) is 2.08. The van der Waals surface area contributed by atoms with Crippen LogP contribution in [0.3, 0.4) is 0 Å². The summed E-state index contributed by atoms with van der Waals surface area (Å²) < 4.78 is 13.0. The summed E-state index contributed by atoms with van der Waals surface area (Å²) in [6.07, 6.45) is 0. The Morgan fingerprint density at radius 2 is 1.84 bits per heavy atom. The fourth-order valence-corrected chi connectivity index (χ4v) is 2.29. The van der Waals surface area contributed by atoms with Crippen molar-refractivity contribution in [1.29, 1.82) is 0 Å². The molecule has 0 saturated carbocycles. The summed E-state index contributed by atoms with van der Waals surface area (Å²) in [7, 11) is 0. The molecule has 100 valence electrons. The first-order valence-electron chi connectivity index (χ1n) is 6.17. The molecular formula is C15H16ClFN2. The molecule has 2 nitrogen and oxygen atoms in total. The molecule has 4 heteroatoms. The van der Waals surface area contributed by atoms with Gasteiger partial charge in [0.2, 0.25) is 0 Å². The largest absolute Gasteiger partial charge is 0.342 e. The van der Waals surface area contributed by atoms with E-state index in [0.29, 0.717) is 11.6 Å². The lowest BCUT2D eigenvalue weighted by Crippen LogP contribution is -2.18. The van der Waals surface area contributed by atoms with Gasteiger partial charge in [-0.3, -0.25) is 0 Å². The van der Waals surface area contributed by atoms with Crippen molar-refractivity contribution in [2.75, 3.05) is 11.4 Å². The van der Waals surface area contributed by atoms with Gasteiger partial charge < -0.3 is 10.6 Å². The summed E-state index contributed by atoms with van der Waals surface area (Å²) in [6.45, 7) is 3.21. The van der Waals surface area contributed by atoms with Gasteiger partial charge in [-0.05, 0) is 55.0 Å². The maximum atomic E-state index is 13.0. The fraction of sp³-hybridized carbons (Fsp3) is 0.200. The number of hydrogen-bond acceptors (Lipinski definition) is 2. The Hall–Kier alpha value is -1.58. The summed E-state index contributed by atoms with van der Waals surface area (Å²) >= 11 is 5.99. The molecule has 0 amide bonds. The molecule has 0 aliphatic carbocycles. The Morgan fingerprint density at radius 3 is 2.42 bits per heavy atom. The van der Waals surface area contributed by atoms with E-state index in [1.54, 1.807) is 12.1 Å². The Morgan fingerprint density at radius 1 is 1.16 bits per heavy atom. The van der Waals surface area contributed by atoms with Crippen molar-refractivity contribution in [1.82, 2.24) is 0 Å². The lowest BCUT2D eigenvalue weighted by molar-refractivity contribution is 0.628. The van der Waals surface area contributed by atoms with Gasteiger partial charge in [-0.25, -0.2) is 4.39 Å². The molecule has 0 unspecified atom stereocenters. The summed E-state index contributed by atoms with van der Waals surface area (Å²) in [5, 5.41) is 0.666. The van der Waals surface area contributed by atoms with E-state index in [1.807, 2.05) is 25.1 Å². The van der Waals surface area contributed by atoms with Crippen molar-refractivity contribution in [2.24, 2.45) is 5.73 Å². The smallest absolute Gasteiger partial charge is 0.123 e. The number of halogens is 2. The third-order valence-electron chi connectivity index (χ3n) is 3.01. The van der Waals surface area contributed by atoms with E-state index in [2.05, 4.69) is 4.90 Å². The van der Waals surface area contributed by atoms with Gasteiger partial charge in [-0.1, -0.05) is 11.6 Å². The Bertz CT molecular complexity index is 555. The monoisotopic (exact) mass is 278 g/mol. The third-order valence-corrected chi connectivity index (χ3v) is 3.24. The van der Waals surface area contributed by atoms with E-state index in [-0.39, 0.29) is 5.82 Å². The molecule has 0 radical (unpaired) electrons. The highest BCUT2D eigenvalue weighted by atomic mass is 35.5. The zero-order chi connectivity index (χ0) is 13.8. The van der Waals surface area contributed by atoms with Gasteiger partial charge >= 0.3 is 0 Å². The van der Waals surface area contributed by atoms with Gasteiger partial charge in [0, 0.05) is 29.5 Å². The molecule has 0 fully saturated rings. The minimum Gasteiger partial charge on any atom is -0.342 e. The quantitative estimate of drug-likeness (QED) is 0.912. The van der Waals surface area contributed by atoms with Crippen molar-refractivity contribution >= 4 is 23.0 Å². The molecular weight excluding hydrogens is 263 g/mol. The van der Waals surface area contributed by atoms with Gasteiger partial charge in [0.05, 0.1) is 0 Å². The van der Waals surface area contributed by atoms with Gasteiger partial charge in [-0.15, -0.1) is 0 Å². The van der Waals surface area contributed by atoms with Crippen LogP contribution in [0.4, 0.5) is 15.8 Å². The molecule has 0 aromatic heterocycles. The lowest BCUT2D eigenvalue weighted by atomic mass is 10.1. The minimum atomic E-state index is -0.241. The van der Waals surface area contributed by atoms with Crippen LogP contribution < -0.4 is 10.6 Å². The van der Waals surface area contributed by atoms with Crippen molar-refractivity contribution in [3.63, 3.8) is 0 Å². The predicted octanol–water partition coefficient (Wildman–Crippen LogP) is 4.10. The van der Waals surface area contributed by atoms with E-state index in [9.17, 15) is 4.39 Å². The number of nitrogens with two attached hydrogens (primary N) is 1. The Labute approximate surface area is 117 Å². The van der Waals surface area contributed by atoms with Crippen LogP contribution in [0.15, 0.2) is 42.5 Å². The Kier molecular flexibility index (Phi) is 4.40. The average Bonchev–Trinajstić information content (AvgIpc) is 2.43. The SMILES string of the molecule is CCN(c1ccc(F)cc1)c1ccc(Cl)cc1CN. The van der Waals surface area contributed by atoms with Crippen molar-refractivity contribution in [3.05, 3.63) is 58.9 Å². The summed E-state index contributed by atoms with van der Waals surface area (Å²) in [5.74, 6) is -0.241. The van der Waals surface area contributed by atoms with Crippen LogP contribution in [0.1, 0.15) is 12.5 Å². The summed E-state index contributed by atoms with van der Waals surface area (Å²) in [6, 6.07) is 12.1. The average molecular weight is 279 g/mol. The highest BCUT2D eigenvalue weighted by Gasteiger charge is 2.11. The summed E-state index contributed by atoms with van der Waals surface area (Å²) in [5.41, 5.74) is 8.67. The van der Waals surface area contributed by atoms with E-state index in [1.165, 1.54) is 12.1 Å². The molecule has 2 N–H and O–H groups in total. The molecule has 0 atom stereocenters. The number of rotatable bonds is 4. The molecule has 2 aromatic carbocycles. The van der Waals surface area contributed by atoms with E-state index in [0.717, 1.165) is 23.5 Å². The van der Waals surface area contributed by atoms with Gasteiger partial charge in [-0.2, -0.15) is 0 Å². The molecule has 0 saturated heterocycles. The second-order valence-electron chi connectivity index (χ2n) is 4.20. The zero-order valence-corrected chi connectivity index (χ0v) is 11.5. The highest BCUT2D eigenvalue weighted by molar-refractivity contribution is 6.30. The minimum absolute atomic E-state index is 0.241. The van der Waals surface area contributed by atoms with Gasteiger partial charge in [0.15, 0.2) is 0 Å². The van der Waals surface area contributed by atoms with Crippen LogP contribution >= 0.6 is 11.6 Å². The molecule has 0 heterocycles. The third kappa shape index (κ3) is 3.06. The van der Waals surface area contributed by atoms with Crippen LogP contribution in [-0.2, 0) is 6.54 Å². The van der Waals surface area contributed by atoms with Crippen LogP contribution in [0, 0.1) is 5.82 Å². The van der Waals surface area contributed by atoms with Crippen LogP contribution in [0.25, 0.3) is 0 Å². The Balaban J connectivity index is 2.44. The molecule has 2 rings (SSSR count). The van der Waals surface area contributed by atoms with Crippen molar-refractivity contribution in [3.8, 4) is 0 Å². The number of nitrogens with zero attached hydrogens (tertiary/aromatic N) is 1. The topological polar surface area (TPSA) is 29.3 Å². The molecule has 0 spiro atoms. The van der Waals surface area contributed by atoms with Gasteiger partial charge in [0.1, 0.15) is 5.82 Å². The standard InChI is InChI=1S/C15H16ClFN2/c1-2-19(14-6-4-13(17)5-7-14)15-8-3-12(16)9-11(15)10-18/h3-9H,2,10,18H2,1H3. The number of anilines is 2. The second-order valence-corrected chi connectivity index (χ2v) is 4.63. The first kappa shape index (κ1) is 13.8. The zero-order valence-electron chi connectivity index (χ0n) is 10.7. The number of benzene rings is 2. The highest BCUT2D eigenvalue weighted by Crippen LogP contribution is 2.30. The van der Waals surface area contributed by atoms with Crippen molar-refractivity contribution in [2.45, 2.75) is 13.5 Å². The molecule has 0 aliphatic heterocycles. The molecule has 2 aromatic rings. The maximum absolute atomic E-state index is 13.0. The van der Waals surface area contributed by atoms with E-state index in [4.69, 9.17) is 17.3 Å². The van der Waals surface area contributed by atoms with E-state index < -0.39 is 0 Å². The van der Waals surface area contributed by atoms with Crippen LogP contribution in [-0.4, -0.2) is 6.54 Å². The molecule has 19 heavy (non-hydrogen) atoms. The van der Waals surface area contributed by atoms with Crippen molar-refractivity contribution < 1.29 is 4.39 Å². The maximum Gasteiger partial charge on any atom is 0.123 e. The van der Waals surface area contributed by atoms with Crippen LogP contribution in [0.2, 0.25) is 5.02 Å². The number of hydrogen-bond donors (Lipinski definition) is 1. The van der Waals surface area contributed by atoms with Gasteiger partial charge in [0.25, 0.3) is 0 Å². The molecule has 0 aliphatic rings. The second kappa shape index (κ2) is 6.04. The first-order valence-corrected chi connectivity index (χ1v) is 6.55. The first-order chi connectivity index (χ1) is 9.15.